The number of hydrogen-bond donors (Lipinski definition) is 1. The van der Waals surface area contributed by atoms with Gasteiger partial charge >= 0.3 is 0 Å². The zero-order valence-corrected chi connectivity index (χ0v) is 12.1. The number of thioether (sulfide) groups is 1. The second kappa shape index (κ2) is 5.47. The van der Waals surface area contributed by atoms with E-state index in [0.717, 1.165) is 13.1 Å². The van der Waals surface area contributed by atoms with E-state index in [0.29, 0.717) is 5.25 Å². The van der Waals surface area contributed by atoms with E-state index in [1.807, 2.05) is 23.1 Å². The van der Waals surface area contributed by atoms with Crippen LogP contribution in [0.4, 0.5) is 0 Å². The van der Waals surface area contributed by atoms with E-state index >= 15 is 0 Å². The molecule has 2 aromatic rings. The summed E-state index contributed by atoms with van der Waals surface area (Å²) in [7, 11) is 0. The lowest BCUT2D eigenvalue weighted by atomic mass is 10.1. The fourth-order valence-electron chi connectivity index (χ4n) is 2.30. The molecule has 0 saturated carbocycles. The van der Waals surface area contributed by atoms with Gasteiger partial charge in [-0.3, -0.25) is 0 Å². The molecule has 0 aliphatic carbocycles. The average Bonchev–Trinajstić information content (AvgIpc) is 2.95. The lowest BCUT2D eigenvalue weighted by molar-refractivity contribution is 0.670. The summed E-state index contributed by atoms with van der Waals surface area (Å²) in [5, 5.41) is 4.28. The highest BCUT2D eigenvalue weighted by molar-refractivity contribution is 8.00. The van der Waals surface area contributed by atoms with Crippen LogP contribution in [-0.4, -0.2) is 11.8 Å². The Morgan fingerprint density at radius 2 is 2.11 bits per heavy atom. The summed E-state index contributed by atoms with van der Waals surface area (Å²) in [4.78, 5) is 4.30. The summed E-state index contributed by atoms with van der Waals surface area (Å²) in [6.07, 6.45) is 1.21. The van der Waals surface area contributed by atoms with Crippen LogP contribution < -0.4 is 5.32 Å². The van der Waals surface area contributed by atoms with Gasteiger partial charge in [-0.2, -0.15) is 0 Å². The van der Waals surface area contributed by atoms with Crippen LogP contribution in [0, 0.1) is 6.92 Å². The normalized spacial score (nSPS) is 17.9. The van der Waals surface area contributed by atoms with Crippen molar-refractivity contribution in [2.75, 3.05) is 6.54 Å². The third-order valence-electron chi connectivity index (χ3n) is 3.18. The summed E-state index contributed by atoms with van der Waals surface area (Å²) in [6.45, 7) is 4.26. The molecule has 3 heteroatoms. The van der Waals surface area contributed by atoms with Crippen LogP contribution in [0.15, 0.2) is 41.3 Å². The Bertz CT molecular complexity index is 508. The first-order valence-electron chi connectivity index (χ1n) is 6.32. The maximum Gasteiger partial charge on any atom is 0.0300 e. The van der Waals surface area contributed by atoms with Gasteiger partial charge in [-0.05, 0) is 37.1 Å². The highest BCUT2D eigenvalue weighted by Gasteiger charge is 2.20. The predicted molar refractivity (Wildman–Crippen MR) is 80.6 cm³/mol. The molecule has 1 aliphatic rings. The highest BCUT2D eigenvalue weighted by Crippen LogP contribution is 2.36. The van der Waals surface area contributed by atoms with Crippen molar-refractivity contribution in [1.29, 1.82) is 0 Å². The number of benzene rings is 1. The zero-order valence-electron chi connectivity index (χ0n) is 10.5. The summed E-state index contributed by atoms with van der Waals surface area (Å²) in [6, 6.07) is 13.2. The topological polar surface area (TPSA) is 12.0 Å². The van der Waals surface area contributed by atoms with Gasteiger partial charge in [0.05, 0.1) is 0 Å². The number of thiophene rings is 1. The molecule has 94 valence electrons. The summed E-state index contributed by atoms with van der Waals surface area (Å²) in [5.74, 6) is 0. The van der Waals surface area contributed by atoms with Gasteiger partial charge in [0.15, 0.2) is 0 Å². The van der Waals surface area contributed by atoms with Crippen molar-refractivity contribution in [3.8, 4) is 0 Å². The first kappa shape index (κ1) is 12.3. The van der Waals surface area contributed by atoms with Crippen molar-refractivity contribution < 1.29 is 0 Å². The molecular weight excluding hydrogens is 258 g/mol. The van der Waals surface area contributed by atoms with Gasteiger partial charge in [-0.1, -0.05) is 18.2 Å². The largest absolute Gasteiger partial charge is 0.311 e. The SMILES string of the molecule is Cc1ccc(CNCC2Cc3ccccc3S2)s1. The molecular formula is C15H17NS2. The molecule has 0 bridgehead atoms. The molecule has 0 amide bonds. The first-order chi connectivity index (χ1) is 8.81. The number of rotatable bonds is 4. The van der Waals surface area contributed by atoms with Gasteiger partial charge in [0.1, 0.15) is 0 Å². The summed E-state index contributed by atoms with van der Waals surface area (Å²) < 4.78 is 0. The van der Waals surface area contributed by atoms with E-state index < -0.39 is 0 Å². The Kier molecular flexibility index (Phi) is 3.73. The Hall–Kier alpha value is -0.770. The van der Waals surface area contributed by atoms with E-state index in [1.54, 1.807) is 0 Å². The number of nitrogens with one attached hydrogen (secondary N) is 1. The van der Waals surface area contributed by atoms with Crippen LogP contribution in [0.5, 0.6) is 0 Å². The predicted octanol–water partition coefficient (Wildman–Crippen LogP) is 3.86. The van der Waals surface area contributed by atoms with E-state index in [4.69, 9.17) is 0 Å². The molecule has 0 saturated heterocycles. The minimum absolute atomic E-state index is 0.698. The fourth-order valence-corrected chi connectivity index (χ4v) is 4.45. The van der Waals surface area contributed by atoms with Crippen LogP contribution in [0.1, 0.15) is 15.3 Å². The van der Waals surface area contributed by atoms with Gasteiger partial charge in [0.25, 0.3) is 0 Å². The van der Waals surface area contributed by atoms with E-state index in [9.17, 15) is 0 Å². The molecule has 0 radical (unpaired) electrons. The number of fused-ring (bicyclic) bond motifs is 1. The third-order valence-corrected chi connectivity index (χ3v) is 5.50. The van der Waals surface area contributed by atoms with Gasteiger partial charge < -0.3 is 5.32 Å². The van der Waals surface area contributed by atoms with Crippen LogP contribution in [0.2, 0.25) is 0 Å². The molecule has 1 aromatic carbocycles. The van der Waals surface area contributed by atoms with Gasteiger partial charge in [-0.15, -0.1) is 23.1 Å². The van der Waals surface area contributed by atoms with Crippen LogP contribution in [0.3, 0.4) is 0 Å². The maximum absolute atomic E-state index is 3.58. The fraction of sp³-hybridized carbons (Fsp3) is 0.333. The Labute approximate surface area is 117 Å². The third kappa shape index (κ3) is 2.79. The molecule has 2 heterocycles. The zero-order chi connectivity index (χ0) is 12.4. The average molecular weight is 275 g/mol. The van der Waals surface area contributed by atoms with Crippen LogP contribution in [0.25, 0.3) is 0 Å². The van der Waals surface area contributed by atoms with Crippen molar-refractivity contribution in [3.05, 3.63) is 51.7 Å². The van der Waals surface area contributed by atoms with Crippen LogP contribution in [-0.2, 0) is 13.0 Å². The molecule has 0 fully saturated rings. The highest BCUT2D eigenvalue weighted by atomic mass is 32.2. The molecule has 1 nitrogen and oxygen atoms in total. The van der Waals surface area contributed by atoms with Crippen molar-refractivity contribution in [2.24, 2.45) is 0 Å². The summed E-state index contributed by atoms with van der Waals surface area (Å²) >= 11 is 3.91. The molecule has 0 spiro atoms. The van der Waals surface area contributed by atoms with Crippen LogP contribution >= 0.6 is 23.1 Å². The number of hydrogen-bond acceptors (Lipinski definition) is 3. The maximum atomic E-state index is 3.58. The Morgan fingerprint density at radius 3 is 2.89 bits per heavy atom. The molecule has 1 aromatic heterocycles. The minimum atomic E-state index is 0.698. The van der Waals surface area contributed by atoms with Crippen molar-refractivity contribution in [1.82, 2.24) is 5.32 Å². The van der Waals surface area contributed by atoms with E-state index in [-0.39, 0.29) is 0 Å². The lowest BCUT2D eigenvalue weighted by Crippen LogP contribution is -2.23. The smallest absolute Gasteiger partial charge is 0.0300 e. The second-order valence-electron chi connectivity index (χ2n) is 4.69. The van der Waals surface area contributed by atoms with Gasteiger partial charge in [0.2, 0.25) is 0 Å². The number of aryl methyl sites for hydroxylation is 1. The van der Waals surface area contributed by atoms with E-state index in [2.05, 4.69) is 48.6 Å². The monoisotopic (exact) mass is 275 g/mol. The molecule has 18 heavy (non-hydrogen) atoms. The standard InChI is InChI=1S/C15H17NS2/c1-11-6-7-13(17-11)9-16-10-14-8-12-4-2-3-5-15(12)18-14/h2-7,14,16H,8-10H2,1H3. The quantitative estimate of drug-likeness (QED) is 0.909. The Morgan fingerprint density at radius 1 is 1.22 bits per heavy atom. The van der Waals surface area contributed by atoms with Crippen molar-refractivity contribution in [2.45, 2.75) is 30.0 Å². The minimum Gasteiger partial charge on any atom is -0.311 e. The molecule has 1 atom stereocenters. The molecule has 1 aliphatic heterocycles. The van der Waals surface area contributed by atoms with Crippen molar-refractivity contribution >= 4 is 23.1 Å². The van der Waals surface area contributed by atoms with Gasteiger partial charge in [0, 0.05) is 33.0 Å². The Balaban J connectivity index is 1.48. The lowest BCUT2D eigenvalue weighted by Gasteiger charge is -2.09. The van der Waals surface area contributed by atoms with Gasteiger partial charge in [-0.25, -0.2) is 0 Å². The summed E-state index contributed by atoms with van der Waals surface area (Å²) in [5.41, 5.74) is 1.52. The second-order valence-corrected chi connectivity index (χ2v) is 7.41. The molecule has 3 rings (SSSR count). The molecule has 1 N–H and O–H groups in total. The van der Waals surface area contributed by atoms with Crippen molar-refractivity contribution in [3.63, 3.8) is 0 Å². The molecule has 1 unspecified atom stereocenters. The first-order valence-corrected chi connectivity index (χ1v) is 8.01. The van der Waals surface area contributed by atoms with E-state index in [1.165, 1.54) is 26.6 Å².